The average molecular weight is 277 g/mol. The van der Waals surface area contributed by atoms with Gasteiger partial charge in [0.05, 0.1) is 0 Å². The van der Waals surface area contributed by atoms with E-state index in [9.17, 15) is 4.79 Å². The SMILES string of the molecule is CN(C)c1ccc(C(=O)Nc2nccnc2Cl)cc1. The molecule has 1 aromatic heterocycles. The Morgan fingerprint density at radius 3 is 2.37 bits per heavy atom. The largest absolute Gasteiger partial charge is 0.378 e. The maximum absolute atomic E-state index is 12.0. The van der Waals surface area contributed by atoms with Crippen LogP contribution in [0.4, 0.5) is 11.5 Å². The number of rotatable bonds is 3. The average Bonchev–Trinajstić information content (AvgIpc) is 2.41. The van der Waals surface area contributed by atoms with E-state index < -0.39 is 0 Å². The van der Waals surface area contributed by atoms with Gasteiger partial charge in [0.2, 0.25) is 0 Å². The molecule has 2 rings (SSSR count). The van der Waals surface area contributed by atoms with Crippen molar-refractivity contribution < 1.29 is 4.79 Å². The van der Waals surface area contributed by atoms with Gasteiger partial charge in [-0.2, -0.15) is 0 Å². The first kappa shape index (κ1) is 13.3. The summed E-state index contributed by atoms with van der Waals surface area (Å²) in [5.41, 5.74) is 1.56. The maximum atomic E-state index is 12.0. The zero-order valence-electron chi connectivity index (χ0n) is 10.6. The summed E-state index contributed by atoms with van der Waals surface area (Å²) in [6, 6.07) is 7.23. The van der Waals surface area contributed by atoms with Crippen LogP contribution in [-0.4, -0.2) is 30.0 Å². The summed E-state index contributed by atoms with van der Waals surface area (Å²) in [7, 11) is 3.88. The zero-order chi connectivity index (χ0) is 13.8. The highest BCUT2D eigenvalue weighted by Crippen LogP contribution is 2.17. The number of hydrogen-bond donors (Lipinski definition) is 1. The van der Waals surface area contributed by atoms with Gasteiger partial charge in [-0.1, -0.05) is 11.6 Å². The highest BCUT2D eigenvalue weighted by atomic mass is 35.5. The Morgan fingerprint density at radius 1 is 1.16 bits per heavy atom. The second kappa shape index (κ2) is 5.67. The molecule has 2 aromatic rings. The molecule has 1 N–H and O–H groups in total. The quantitative estimate of drug-likeness (QED) is 0.935. The van der Waals surface area contributed by atoms with E-state index in [1.807, 2.05) is 31.1 Å². The Balaban J connectivity index is 2.14. The molecule has 1 heterocycles. The molecule has 0 aliphatic rings. The van der Waals surface area contributed by atoms with Crippen LogP contribution in [0.5, 0.6) is 0 Å². The van der Waals surface area contributed by atoms with Gasteiger partial charge in [-0.25, -0.2) is 9.97 Å². The molecule has 0 radical (unpaired) electrons. The van der Waals surface area contributed by atoms with Crippen LogP contribution in [0.25, 0.3) is 0 Å². The Hall–Kier alpha value is -2.14. The predicted molar refractivity (Wildman–Crippen MR) is 75.8 cm³/mol. The van der Waals surface area contributed by atoms with Crippen molar-refractivity contribution in [2.45, 2.75) is 0 Å². The maximum Gasteiger partial charge on any atom is 0.256 e. The third-order valence-corrected chi connectivity index (χ3v) is 2.81. The second-order valence-electron chi connectivity index (χ2n) is 4.09. The lowest BCUT2D eigenvalue weighted by Crippen LogP contribution is -2.14. The summed E-state index contributed by atoms with van der Waals surface area (Å²) >= 11 is 5.83. The third-order valence-electron chi connectivity index (χ3n) is 2.53. The van der Waals surface area contributed by atoms with Crippen LogP contribution in [0.3, 0.4) is 0 Å². The first-order chi connectivity index (χ1) is 9.08. The summed E-state index contributed by atoms with van der Waals surface area (Å²) in [5, 5.41) is 2.78. The van der Waals surface area contributed by atoms with Gasteiger partial charge in [0.15, 0.2) is 11.0 Å². The van der Waals surface area contributed by atoms with Gasteiger partial charge in [0.25, 0.3) is 5.91 Å². The zero-order valence-corrected chi connectivity index (χ0v) is 11.3. The minimum absolute atomic E-state index is 0.167. The summed E-state index contributed by atoms with van der Waals surface area (Å²) in [5.74, 6) is -0.0152. The molecule has 0 unspecified atom stereocenters. The summed E-state index contributed by atoms with van der Waals surface area (Å²) in [6.07, 6.45) is 2.93. The Bertz CT molecular complexity index is 583. The smallest absolute Gasteiger partial charge is 0.256 e. The van der Waals surface area contributed by atoms with Gasteiger partial charge >= 0.3 is 0 Å². The van der Waals surface area contributed by atoms with Crippen molar-refractivity contribution in [3.05, 3.63) is 47.4 Å². The van der Waals surface area contributed by atoms with Crippen LogP contribution < -0.4 is 10.2 Å². The molecule has 19 heavy (non-hydrogen) atoms. The number of nitrogens with one attached hydrogen (secondary N) is 1. The number of amides is 1. The minimum atomic E-state index is -0.271. The van der Waals surface area contributed by atoms with E-state index in [2.05, 4.69) is 15.3 Å². The van der Waals surface area contributed by atoms with Crippen molar-refractivity contribution >= 4 is 29.0 Å². The van der Waals surface area contributed by atoms with E-state index in [4.69, 9.17) is 11.6 Å². The number of carbonyl (C=O) groups is 1. The molecule has 0 atom stereocenters. The number of nitrogens with zero attached hydrogens (tertiary/aromatic N) is 3. The van der Waals surface area contributed by atoms with Gasteiger partial charge in [-0.15, -0.1) is 0 Å². The number of halogens is 1. The number of aromatic nitrogens is 2. The van der Waals surface area contributed by atoms with Crippen molar-refractivity contribution in [2.24, 2.45) is 0 Å². The predicted octanol–water partition coefficient (Wildman–Crippen LogP) is 2.45. The van der Waals surface area contributed by atoms with Gasteiger partial charge in [0.1, 0.15) is 0 Å². The fourth-order valence-electron chi connectivity index (χ4n) is 1.50. The van der Waals surface area contributed by atoms with Crippen molar-refractivity contribution in [3.8, 4) is 0 Å². The van der Waals surface area contributed by atoms with E-state index in [1.54, 1.807) is 12.1 Å². The topological polar surface area (TPSA) is 58.1 Å². The number of anilines is 2. The molecule has 98 valence electrons. The van der Waals surface area contributed by atoms with E-state index in [-0.39, 0.29) is 16.9 Å². The third kappa shape index (κ3) is 3.20. The van der Waals surface area contributed by atoms with Crippen LogP contribution in [-0.2, 0) is 0 Å². The van der Waals surface area contributed by atoms with Crippen LogP contribution in [0.15, 0.2) is 36.7 Å². The summed E-state index contributed by atoms with van der Waals surface area (Å²) < 4.78 is 0. The van der Waals surface area contributed by atoms with Gasteiger partial charge in [-0.3, -0.25) is 4.79 Å². The Kier molecular flexibility index (Phi) is 3.97. The first-order valence-electron chi connectivity index (χ1n) is 5.63. The molecule has 0 bridgehead atoms. The van der Waals surface area contributed by atoms with E-state index >= 15 is 0 Å². The standard InChI is InChI=1S/C13H13ClN4O/c1-18(2)10-5-3-9(4-6-10)13(19)17-12-11(14)15-7-8-16-12/h3-8H,1-2H3,(H,16,17,19). The monoisotopic (exact) mass is 276 g/mol. The molecule has 0 saturated heterocycles. The van der Waals surface area contributed by atoms with E-state index in [1.165, 1.54) is 12.4 Å². The summed E-state index contributed by atoms with van der Waals surface area (Å²) in [6.45, 7) is 0. The van der Waals surface area contributed by atoms with Crippen molar-refractivity contribution in [1.82, 2.24) is 9.97 Å². The lowest BCUT2D eigenvalue weighted by Gasteiger charge is -2.12. The minimum Gasteiger partial charge on any atom is -0.378 e. The normalized spacial score (nSPS) is 10.1. The highest BCUT2D eigenvalue weighted by molar-refractivity contribution is 6.32. The Labute approximate surface area is 116 Å². The lowest BCUT2D eigenvalue weighted by atomic mass is 10.2. The molecule has 0 spiro atoms. The molecule has 0 aliphatic heterocycles. The van der Waals surface area contributed by atoms with Gasteiger partial charge in [0, 0.05) is 37.7 Å². The fourth-order valence-corrected chi connectivity index (χ4v) is 1.65. The number of carbonyl (C=O) groups excluding carboxylic acids is 1. The molecule has 0 saturated carbocycles. The van der Waals surface area contributed by atoms with Crippen LogP contribution in [0.1, 0.15) is 10.4 Å². The molecule has 0 aliphatic carbocycles. The van der Waals surface area contributed by atoms with Crippen molar-refractivity contribution in [3.63, 3.8) is 0 Å². The lowest BCUT2D eigenvalue weighted by molar-refractivity contribution is 0.102. The Morgan fingerprint density at radius 2 is 1.79 bits per heavy atom. The molecule has 0 fully saturated rings. The van der Waals surface area contributed by atoms with Crippen molar-refractivity contribution in [2.75, 3.05) is 24.3 Å². The van der Waals surface area contributed by atoms with E-state index in [0.29, 0.717) is 5.56 Å². The highest BCUT2D eigenvalue weighted by Gasteiger charge is 2.09. The van der Waals surface area contributed by atoms with Crippen LogP contribution >= 0.6 is 11.6 Å². The first-order valence-corrected chi connectivity index (χ1v) is 6.01. The molecule has 5 nitrogen and oxygen atoms in total. The molecule has 6 heteroatoms. The molecular weight excluding hydrogens is 264 g/mol. The number of benzene rings is 1. The van der Waals surface area contributed by atoms with Crippen LogP contribution in [0.2, 0.25) is 5.15 Å². The molecular formula is C13H13ClN4O. The van der Waals surface area contributed by atoms with Gasteiger partial charge < -0.3 is 10.2 Å². The van der Waals surface area contributed by atoms with Crippen LogP contribution in [0, 0.1) is 0 Å². The molecule has 1 amide bonds. The second-order valence-corrected chi connectivity index (χ2v) is 4.45. The van der Waals surface area contributed by atoms with Gasteiger partial charge in [-0.05, 0) is 24.3 Å². The van der Waals surface area contributed by atoms with Crippen molar-refractivity contribution in [1.29, 1.82) is 0 Å². The van der Waals surface area contributed by atoms with E-state index in [0.717, 1.165) is 5.69 Å². The number of hydrogen-bond acceptors (Lipinski definition) is 4. The molecule has 1 aromatic carbocycles. The fraction of sp³-hybridized carbons (Fsp3) is 0.154. The summed E-state index contributed by atoms with van der Waals surface area (Å²) in [4.78, 5) is 21.8.